The molecule has 5 heteroatoms. The van der Waals surface area contributed by atoms with Gasteiger partial charge in [-0.15, -0.1) is 0 Å². The van der Waals surface area contributed by atoms with E-state index < -0.39 is 0 Å². The summed E-state index contributed by atoms with van der Waals surface area (Å²) in [5.74, 6) is 0.378. The maximum Gasteiger partial charge on any atom is 0.221 e. The predicted octanol–water partition coefficient (Wildman–Crippen LogP) is 5.02. The number of ether oxygens (including phenoxy) is 1. The summed E-state index contributed by atoms with van der Waals surface area (Å²) < 4.78 is 6.16. The third-order valence-electron chi connectivity index (χ3n) is 5.62. The van der Waals surface area contributed by atoms with Gasteiger partial charge in [-0.05, 0) is 60.1 Å². The molecule has 174 valence electrons. The Hall–Kier alpha value is -3.18. The molecule has 0 atom stereocenters. The maximum absolute atomic E-state index is 11.1. The second kappa shape index (κ2) is 10.2. The summed E-state index contributed by atoms with van der Waals surface area (Å²) in [4.78, 5) is 16.1. The molecule has 0 saturated carbocycles. The van der Waals surface area contributed by atoms with Crippen LogP contribution in [0.4, 0.5) is 0 Å². The number of amides is 1. The minimum Gasteiger partial charge on any atom is -0.489 e. The number of hydrogen-bond acceptors (Lipinski definition) is 4. The molecule has 1 heterocycles. The first-order chi connectivity index (χ1) is 15.6. The standard InChI is InChI=1S/C28H35N3O2/c1-18-6-10-21(11-7-18)27-23(16-29)25(15-28(3,4)5)31-19(2)24(27)17-33-22-12-8-20(9-13-22)14-26(30)32/h6-13H,14-17,29H2,1-5H3,(H2,30,32). The molecule has 5 nitrogen and oxygen atoms in total. The quantitative estimate of drug-likeness (QED) is 0.509. The fourth-order valence-corrected chi connectivity index (χ4v) is 4.02. The lowest BCUT2D eigenvalue weighted by Crippen LogP contribution is -2.18. The number of carbonyl (C=O) groups is 1. The number of carbonyl (C=O) groups excluding carboxylic acids is 1. The summed E-state index contributed by atoms with van der Waals surface area (Å²) in [7, 11) is 0. The Bertz CT molecular complexity index is 1110. The molecule has 3 aromatic rings. The summed E-state index contributed by atoms with van der Waals surface area (Å²) in [6.45, 7) is 11.6. The maximum atomic E-state index is 11.1. The van der Waals surface area contributed by atoms with Crippen LogP contribution in [0.25, 0.3) is 11.1 Å². The average molecular weight is 446 g/mol. The molecule has 1 aromatic heterocycles. The van der Waals surface area contributed by atoms with E-state index in [0.717, 1.165) is 51.4 Å². The van der Waals surface area contributed by atoms with E-state index in [2.05, 4.69) is 52.0 Å². The minimum absolute atomic E-state index is 0.0958. The predicted molar refractivity (Wildman–Crippen MR) is 134 cm³/mol. The lowest BCUT2D eigenvalue weighted by Gasteiger charge is -2.24. The monoisotopic (exact) mass is 445 g/mol. The highest BCUT2D eigenvalue weighted by Crippen LogP contribution is 2.34. The first-order valence-electron chi connectivity index (χ1n) is 11.4. The molecule has 0 saturated heterocycles. The number of primary amides is 1. The lowest BCUT2D eigenvalue weighted by atomic mass is 9.85. The van der Waals surface area contributed by atoms with E-state index in [1.807, 2.05) is 31.2 Å². The molecule has 0 unspecified atom stereocenters. The molecule has 33 heavy (non-hydrogen) atoms. The van der Waals surface area contributed by atoms with Gasteiger partial charge in [0.15, 0.2) is 0 Å². The molecule has 0 aliphatic rings. The number of rotatable bonds is 8. The van der Waals surface area contributed by atoms with Crippen molar-refractivity contribution >= 4 is 5.91 Å². The number of nitrogens with two attached hydrogens (primary N) is 2. The third-order valence-corrected chi connectivity index (χ3v) is 5.62. The first kappa shape index (κ1) is 24.5. The van der Waals surface area contributed by atoms with Crippen LogP contribution in [0.3, 0.4) is 0 Å². The van der Waals surface area contributed by atoms with Gasteiger partial charge in [0.05, 0.1) is 6.42 Å². The Morgan fingerprint density at radius 3 is 2.15 bits per heavy atom. The van der Waals surface area contributed by atoms with E-state index >= 15 is 0 Å². The number of aryl methyl sites for hydroxylation is 2. The molecular weight excluding hydrogens is 410 g/mol. The van der Waals surface area contributed by atoms with Crippen molar-refractivity contribution in [2.45, 2.75) is 60.6 Å². The Kier molecular flexibility index (Phi) is 7.54. The highest BCUT2D eigenvalue weighted by Gasteiger charge is 2.22. The van der Waals surface area contributed by atoms with Gasteiger partial charge < -0.3 is 16.2 Å². The van der Waals surface area contributed by atoms with Crippen LogP contribution < -0.4 is 16.2 Å². The summed E-state index contributed by atoms with van der Waals surface area (Å²) in [6, 6.07) is 16.0. The van der Waals surface area contributed by atoms with Crippen LogP contribution in [-0.2, 0) is 30.8 Å². The molecule has 0 radical (unpaired) electrons. The molecule has 4 N–H and O–H groups in total. The van der Waals surface area contributed by atoms with E-state index in [-0.39, 0.29) is 17.7 Å². The molecule has 1 amide bonds. The zero-order valence-electron chi connectivity index (χ0n) is 20.4. The van der Waals surface area contributed by atoms with Crippen molar-refractivity contribution in [3.63, 3.8) is 0 Å². The zero-order valence-corrected chi connectivity index (χ0v) is 20.4. The normalized spacial score (nSPS) is 11.5. The molecule has 0 aliphatic heterocycles. The van der Waals surface area contributed by atoms with Crippen molar-refractivity contribution in [1.82, 2.24) is 4.98 Å². The van der Waals surface area contributed by atoms with E-state index in [4.69, 9.17) is 21.2 Å². The second-order valence-electron chi connectivity index (χ2n) is 9.86. The van der Waals surface area contributed by atoms with Gasteiger partial charge in [-0.3, -0.25) is 9.78 Å². The van der Waals surface area contributed by atoms with E-state index in [9.17, 15) is 4.79 Å². The number of aromatic nitrogens is 1. The van der Waals surface area contributed by atoms with Crippen LogP contribution in [0, 0.1) is 19.3 Å². The SMILES string of the molecule is Cc1ccc(-c2c(COc3ccc(CC(N)=O)cc3)c(C)nc(CC(C)(C)C)c2CN)cc1. The zero-order chi connectivity index (χ0) is 24.2. The Morgan fingerprint density at radius 2 is 1.61 bits per heavy atom. The van der Waals surface area contributed by atoms with Crippen molar-refractivity contribution in [3.05, 3.63) is 82.2 Å². The molecule has 3 rings (SSSR count). The van der Waals surface area contributed by atoms with Crippen LogP contribution in [0.5, 0.6) is 5.75 Å². The van der Waals surface area contributed by atoms with Gasteiger partial charge in [0.2, 0.25) is 5.91 Å². The Balaban J connectivity index is 2.02. The first-order valence-corrected chi connectivity index (χ1v) is 11.4. The molecule has 0 bridgehead atoms. The van der Waals surface area contributed by atoms with Gasteiger partial charge in [0.1, 0.15) is 12.4 Å². The second-order valence-corrected chi connectivity index (χ2v) is 9.86. The number of hydrogen-bond donors (Lipinski definition) is 2. The van der Waals surface area contributed by atoms with Crippen LogP contribution in [0.15, 0.2) is 48.5 Å². The van der Waals surface area contributed by atoms with Gasteiger partial charge in [0.25, 0.3) is 0 Å². The van der Waals surface area contributed by atoms with Crippen LogP contribution in [0.2, 0.25) is 0 Å². The van der Waals surface area contributed by atoms with Crippen molar-refractivity contribution in [2.24, 2.45) is 16.9 Å². The van der Waals surface area contributed by atoms with Crippen LogP contribution >= 0.6 is 0 Å². The average Bonchev–Trinajstić information content (AvgIpc) is 2.73. The summed E-state index contributed by atoms with van der Waals surface area (Å²) in [6.07, 6.45) is 1.07. The van der Waals surface area contributed by atoms with Crippen molar-refractivity contribution in [2.75, 3.05) is 0 Å². The molecule has 2 aromatic carbocycles. The number of benzene rings is 2. The topological polar surface area (TPSA) is 91.2 Å². The van der Waals surface area contributed by atoms with E-state index in [1.54, 1.807) is 0 Å². The van der Waals surface area contributed by atoms with Crippen LogP contribution in [-0.4, -0.2) is 10.9 Å². The van der Waals surface area contributed by atoms with Gasteiger partial charge in [-0.2, -0.15) is 0 Å². The Labute approximate surface area is 197 Å². The summed E-state index contributed by atoms with van der Waals surface area (Å²) >= 11 is 0. The number of pyridine rings is 1. The van der Waals surface area contributed by atoms with E-state index in [0.29, 0.717) is 13.2 Å². The van der Waals surface area contributed by atoms with Crippen molar-refractivity contribution in [3.8, 4) is 16.9 Å². The highest BCUT2D eigenvalue weighted by atomic mass is 16.5. The lowest BCUT2D eigenvalue weighted by molar-refractivity contribution is -0.117. The fraction of sp³-hybridized carbons (Fsp3) is 0.357. The Morgan fingerprint density at radius 1 is 0.970 bits per heavy atom. The smallest absolute Gasteiger partial charge is 0.221 e. The molecule has 0 aliphatic carbocycles. The fourth-order valence-electron chi connectivity index (χ4n) is 4.02. The van der Waals surface area contributed by atoms with Gasteiger partial charge in [-0.1, -0.05) is 62.7 Å². The third kappa shape index (κ3) is 6.42. The minimum atomic E-state index is -0.349. The van der Waals surface area contributed by atoms with Gasteiger partial charge in [-0.25, -0.2) is 0 Å². The molecule has 0 fully saturated rings. The van der Waals surface area contributed by atoms with Crippen molar-refractivity contribution in [1.29, 1.82) is 0 Å². The van der Waals surface area contributed by atoms with Gasteiger partial charge in [0, 0.05) is 23.5 Å². The van der Waals surface area contributed by atoms with Gasteiger partial charge >= 0.3 is 0 Å². The largest absolute Gasteiger partial charge is 0.489 e. The summed E-state index contributed by atoms with van der Waals surface area (Å²) in [5.41, 5.74) is 20.1. The molecule has 0 spiro atoms. The van der Waals surface area contributed by atoms with E-state index in [1.165, 1.54) is 5.56 Å². The molecular formula is C28H35N3O2. The van der Waals surface area contributed by atoms with Crippen LogP contribution in [0.1, 0.15) is 54.4 Å². The van der Waals surface area contributed by atoms with Crippen molar-refractivity contribution < 1.29 is 9.53 Å². The summed E-state index contributed by atoms with van der Waals surface area (Å²) in [5, 5.41) is 0. The number of nitrogens with zero attached hydrogens (tertiary/aromatic N) is 1. The highest BCUT2D eigenvalue weighted by molar-refractivity contribution is 5.76.